The first-order chi connectivity index (χ1) is 9.79. The number of aryl methyl sites for hydroxylation is 1. The first kappa shape index (κ1) is 11.3. The zero-order valence-corrected chi connectivity index (χ0v) is 11.3. The van der Waals surface area contributed by atoms with Gasteiger partial charge in [-0.05, 0) is 54.3 Å². The molecule has 2 N–H and O–H groups in total. The van der Waals surface area contributed by atoms with Crippen molar-refractivity contribution in [3.05, 3.63) is 65.5 Å². The first-order valence-electron chi connectivity index (χ1n) is 6.78. The molecule has 4 rings (SSSR count). The van der Waals surface area contributed by atoms with Gasteiger partial charge in [0.2, 0.25) is 0 Å². The Balaban J connectivity index is 1.81. The molecule has 0 unspecified atom stereocenters. The van der Waals surface area contributed by atoms with E-state index in [-0.39, 0.29) is 0 Å². The minimum absolute atomic E-state index is 0.942. The molecule has 3 heteroatoms. The number of nitrogens with zero attached hydrogens (tertiary/aromatic N) is 1. The fraction of sp³-hybridized carbons (Fsp3) is 0.118. The fourth-order valence-corrected chi connectivity index (χ4v) is 2.87. The van der Waals surface area contributed by atoms with Crippen LogP contribution in [-0.4, -0.2) is 15.2 Å². The maximum atomic E-state index is 4.08. The molecule has 2 heterocycles. The first-order valence-corrected chi connectivity index (χ1v) is 6.78. The second-order valence-corrected chi connectivity index (χ2v) is 5.33. The van der Waals surface area contributed by atoms with Gasteiger partial charge >= 0.3 is 0 Å². The van der Waals surface area contributed by atoms with Gasteiger partial charge in [0.05, 0.1) is 11.7 Å². The van der Waals surface area contributed by atoms with Gasteiger partial charge in [-0.3, -0.25) is 5.10 Å². The van der Waals surface area contributed by atoms with E-state index < -0.39 is 0 Å². The lowest BCUT2D eigenvalue weighted by Gasteiger charge is -2.06. The smallest absolute Gasteiger partial charge is 0.0650 e. The molecule has 0 fully saturated rings. The number of aromatic amines is 2. The molecule has 0 radical (unpaired) electrons. The van der Waals surface area contributed by atoms with Gasteiger partial charge in [0.15, 0.2) is 0 Å². The topological polar surface area (TPSA) is 44.5 Å². The predicted molar refractivity (Wildman–Crippen MR) is 81.9 cm³/mol. The zero-order valence-electron chi connectivity index (χ0n) is 11.3. The number of rotatable bonds is 2. The number of hydrogen-bond acceptors (Lipinski definition) is 1. The van der Waals surface area contributed by atoms with Crippen molar-refractivity contribution in [2.24, 2.45) is 0 Å². The van der Waals surface area contributed by atoms with Gasteiger partial charge in [0.25, 0.3) is 0 Å². The molecule has 3 nitrogen and oxygen atoms in total. The molecule has 0 saturated carbocycles. The quantitative estimate of drug-likeness (QED) is 0.564. The third-order valence-electron chi connectivity index (χ3n) is 3.80. The van der Waals surface area contributed by atoms with Gasteiger partial charge < -0.3 is 4.98 Å². The Labute approximate surface area is 116 Å². The number of benzene rings is 2. The summed E-state index contributed by atoms with van der Waals surface area (Å²) in [4.78, 5) is 3.30. The maximum Gasteiger partial charge on any atom is 0.0650 e. The van der Waals surface area contributed by atoms with Gasteiger partial charge in [-0.15, -0.1) is 0 Å². The van der Waals surface area contributed by atoms with Crippen molar-refractivity contribution in [1.82, 2.24) is 15.2 Å². The van der Waals surface area contributed by atoms with Gasteiger partial charge in [0.1, 0.15) is 0 Å². The summed E-state index contributed by atoms with van der Waals surface area (Å²) >= 11 is 0. The molecule has 98 valence electrons. The van der Waals surface area contributed by atoms with Crippen LogP contribution in [0.4, 0.5) is 0 Å². The largest absolute Gasteiger partial charge is 0.361 e. The minimum Gasteiger partial charge on any atom is -0.361 e. The summed E-state index contributed by atoms with van der Waals surface area (Å²) in [6.07, 6.45) is 4.82. The standard InChI is InChI=1S/C17H15N3/c1-11-6-13(15-4-5-18-17(15)7-11)8-12-2-3-16-14(9-12)10-19-20-16/h2-7,9-10,18H,8H2,1H3,(H,19,20). The molecule has 0 aliphatic carbocycles. The SMILES string of the molecule is Cc1cc(Cc2ccc3[nH]ncc3c2)c2cc[nH]c2c1. The van der Waals surface area contributed by atoms with E-state index in [0.29, 0.717) is 0 Å². The van der Waals surface area contributed by atoms with E-state index >= 15 is 0 Å². The highest BCUT2D eigenvalue weighted by molar-refractivity contribution is 5.84. The van der Waals surface area contributed by atoms with Crippen LogP contribution in [0.25, 0.3) is 21.8 Å². The van der Waals surface area contributed by atoms with Crippen molar-refractivity contribution in [2.45, 2.75) is 13.3 Å². The highest BCUT2D eigenvalue weighted by Gasteiger charge is 2.06. The fourth-order valence-electron chi connectivity index (χ4n) is 2.87. The molecular formula is C17H15N3. The summed E-state index contributed by atoms with van der Waals surface area (Å²) in [5.41, 5.74) is 6.27. The summed E-state index contributed by atoms with van der Waals surface area (Å²) in [6.45, 7) is 2.14. The monoisotopic (exact) mass is 261 g/mol. The van der Waals surface area contributed by atoms with Crippen LogP contribution in [-0.2, 0) is 6.42 Å². The van der Waals surface area contributed by atoms with Crippen LogP contribution in [0.15, 0.2) is 48.8 Å². The van der Waals surface area contributed by atoms with Crippen LogP contribution >= 0.6 is 0 Å². The molecule has 0 aliphatic heterocycles. The summed E-state index contributed by atoms with van der Waals surface area (Å²) in [6, 6.07) is 13.1. The van der Waals surface area contributed by atoms with Crippen LogP contribution in [0.2, 0.25) is 0 Å². The van der Waals surface area contributed by atoms with Crippen LogP contribution in [0, 0.1) is 6.92 Å². The number of hydrogen-bond donors (Lipinski definition) is 2. The van der Waals surface area contributed by atoms with Crippen molar-refractivity contribution in [1.29, 1.82) is 0 Å². The summed E-state index contributed by atoms with van der Waals surface area (Å²) in [5, 5.41) is 9.54. The Bertz CT molecular complexity index is 899. The third kappa shape index (κ3) is 1.79. The van der Waals surface area contributed by atoms with Crippen LogP contribution < -0.4 is 0 Å². The Kier molecular flexibility index (Phi) is 2.39. The molecule has 20 heavy (non-hydrogen) atoms. The second kappa shape index (κ2) is 4.23. The van der Waals surface area contributed by atoms with E-state index in [0.717, 1.165) is 11.9 Å². The van der Waals surface area contributed by atoms with E-state index in [1.165, 1.54) is 33.0 Å². The van der Waals surface area contributed by atoms with Gasteiger partial charge in [-0.25, -0.2) is 0 Å². The number of nitrogens with one attached hydrogen (secondary N) is 2. The third-order valence-corrected chi connectivity index (χ3v) is 3.80. The Morgan fingerprint density at radius 3 is 2.95 bits per heavy atom. The molecule has 0 saturated heterocycles. The van der Waals surface area contributed by atoms with E-state index in [2.05, 4.69) is 58.5 Å². The molecular weight excluding hydrogens is 246 g/mol. The molecule has 0 bridgehead atoms. The maximum absolute atomic E-state index is 4.08. The number of fused-ring (bicyclic) bond motifs is 2. The number of aromatic nitrogens is 3. The molecule has 2 aromatic heterocycles. The molecule has 0 aliphatic rings. The zero-order chi connectivity index (χ0) is 13.5. The average molecular weight is 261 g/mol. The second-order valence-electron chi connectivity index (χ2n) is 5.33. The Morgan fingerprint density at radius 1 is 1.05 bits per heavy atom. The summed E-state index contributed by atoms with van der Waals surface area (Å²) < 4.78 is 0. The molecule has 0 spiro atoms. The van der Waals surface area contributed by atoms with E-state index in [1.54, 1.807) is 0 Å². The van der Waals surface area contributed by atoms with Crippen LogP contribution in [0.3, 0.4) is 0 Å². The summed E-state index contributed by atoms with van der Waals surface area (Å²) in [5.74, 6) is 0. The summed E-state index contributed by atoms with van der Waals surface area (Å²) in [7, 11) is 0. The van der Waals surface area contributed by atoms with Gasteiger partial charge in [0, 0.05) is 22.5 Å². The normalized spacial score (nSPS) is 11.4. The minimum atomic E-state index is 0.942. The molecule has 0 amide bonds. The van der Waals surface area contributed by atoms with Crippen molar-refractivity contribution >= 4 is 21.8 Å². The predicted octanol–water partition coefficient (Wildman–Crippen LogP) is 3.94. The van der Waals surface area contributed by atoms with E-state index in [9.17, 15) is 0 Å². The lowest BCUT2D eigenvalue weighted by Crippen LogP contribution is -1.90. The van der Waals surface area contributed by atoms with Crippen LogP contribution in [0.5, 0.6) is 0 Å². The van der Waals surface area contributed by atoms with E-state index in [1.807, 2.05) is 12.4 Å². The Hall–Kier alpha value is -2.55. The Morgan fingerprint density at radius 2 is 2.00 bits per heavy atom. The molecule has 4 aromatic rings. The van der Waals surface area contributed by atoms with Crippen LogP contribution in [0.1, 0.15) is 16.7 Å². The highest BCUT2D eigenvalue weighted by Crippen LogP contribution is 2.23. The number of H-pyrrole nitrogens is 2. The van der Waals surface area contributed by atoms with E-state index in [4.69, 9.17) is 0 Å². The van der Waals surface area contributed by atoms with Crippen molar-refractivity contribution in [2.75, 3.05) is 0 Å². The molecule has 0 atom stereocenters. The highest BCUT2D eigenvalue weighted by atomic mass is 15.1. The lowest BCUT2D eigenvalue weighted by molar-refractivity contribution is 1.12. The lowest BCUT2D eigenvalue weighted by atomic mass is 9.99. The average Bonchev–Trinajstić information content (AvgIpc) is 3.05. The van der Waals surface area contributed by atoms with Crippen molar-refractivity contribution in [3.8, 4) is 0 Å². The van der Waals surface area contributed by atoms with Crippen molar-refractivity contribution < 1.29 is 0 Å². The van der Waals surface area contributed by atoms with Gasteiger partial charge in [-0.2, -0.15) is 5.10 Å². The van der Waals surface area contributed by atoms with Crippen molar-refractivity contribution in [3.63, 3.8) is 0 Å². The molecule has 2 aromatic carbocycles. The van der Waals surface area contributed by atoms with Gasteiger partial charge in [-0.1, -0.05) is 12.1 Å².